The zero-order valence-electron chi connectivity index (χ0n) is 30.0. The van der Waals surface area contributed by atoms with E-state index in [-0.39, 0.29) is 43.3 Å². The van der Waals surface area contributed by atoms with Crippen molar-refractivity contribution in [2.24, 2.45) is 29.6 Å². The highest BCUT2D eigenvalue weighted by atomic mass is 16.5. The van der Waals surface area contributed by atoms with Gasteiger partial charge in [-0.25, -0.2) is 0 Å². The number of rotatable bonds is 8. The first-order valence-electron chi connectivity index (χ1n) is 19.1. The molecule has 4 amide bonds. The van der Waals surface area contributed by atoms with Gasteiger partial charge in [-0.2, -0.15) is 0 Å². The number of carbonyl (C=O) groups is 4. The van der Waals surface area contributed by atoms with Crippen LogP contribution in [0.15, 0.2) is 84.4 Å². The van der Waals surface area contributed by atoms with Crippen LogP contribution < -0.4 is 24.3 Å². The minimum atomic E-state index is -0.731. The lowest BCUT2D eigenvalue weighted by molar-refractivity contribution is -0.126. The number of amides is 4. The number of para-hydroxylation sites is 1. The Bertz CT molecular complexity index is 1970. The molecule has 4 saturated heterocycles. The molecule has 54 heavy (non-hydrogen) atoms. The Morgan fingerprint density at radius 1 is 0.611 bits per heavy atom. The van der Waals surface area contributed by atoms with Gasteiger partial charge < -0.3 is 29.1 Å². The standard InChI is InChI=1S/C42H44N4O8/c47-19-24-54-35-4-2-1-3-31(35)36-30-13-14-32-37(41(50)45(39(32)48)28-9-5-26(6-10-28)43-15-20-52-21-16-43)33(30)25-34-38(36)42(51)46(40(34)49)29-11-7-27(8-12-29)44-17-22-53-23-18-44/h1-13,32-34,36-38,47H,14-25H2/t32-,33+,34+,36+,37-,38+/m0/s1. The quantitative estimate of drug-likeness (QED) is 0.270. The number of anilines is 4. The molecule has 0 radical (unpaired) electrons. The van der Waals surface area contributed by atoms with Crippen molar-refractivity contribution in [1.29, 1.82) is 0 Å². The van der Waals surface area contributed by atoms with Crippen LogP contribution in [0.3, 0.4) is 0 Å². The molecule has 1 saturated carbocycles. The fraction of sp³-hybridized carbons (Fsp3) is 0.429. The number of aliphatic hydroxyl groups is 1. The minimum Gasteiger partial charge on any atom is -0.491 e. The van der Waals surface area contributed by atoms with Crippen LogP contribution in [0, 0.1) is 29.6 Å². The van der Waals surface area contributed by atoms with Gasteiger partial charge in [-0.15, -0.1) is 0 Å². The number of aliphatic hydroxyl groups excluding tert-OH is 1. The Labute approximate surface area is 313 Å². The number of morpholine rings is 2. The van der Waals surface area contributed by atoms with Gasteiger partial charge in [-0.1, -0.05) is 29.8 Å². The summed E-state index contributed by atoms with van der Waals surface area (Å²) in [5.74, 6) is -4.26. The van der Waals surface area contributed by atoms with Crippen molar-refractivity contribution in [3.63, 3.8) is 0 Å². The zero-order valence-corrected chi connectivity index (χ0v) is 30.0. The predicted octanol–water partition coefficient (Wildman–Crippen LogP) is 3.78. The van der Waals surface area contributed by atoms with Gasteiger partial charge in [0.25, 0.3) is 0 Å². The molecule has 3 aromatic rings. The Kier molecular flexibility index (Phi) is 9.20. The SMILES string of the molecule is O=C1[C@H]2[C@H](CC=C3[C@H]2C[C@H]2C(=O)N(c4ccc(N5CCOCC5)cc4)C(=O)[C@H]2[C@H]3c2ccccc2OCCO)C(=O)N1c1ccc(N2CCOCC2)cc1. The molecule has 0 unspecified atom stereocenters. The Balaban J connectivity index is 1.06. The summed E-state index contributed by atoms with van der Waals surface area (Å²) in [5, 5.41) is 9.63. The molecule has 4 heterocycles. The Hall–Kier alpha value is -5.04. The fourth-order valence-corrected chi connectivity index (χ4v) is 9.74. The van der Waals surface area contributed by atoms with Gasteiger partial charge in [0.05, 0.1) is 68.1 Å². The lowest BCUT2D eigenvalue weighted by Gasteiger charge is -2.44. The third-order valence-corrected chi connectivity index (χ3v) is 12.2. The second-order valence-electron chi connectivity index (χ2n) is 14.9. The second kappa shape index (κ2) is 14.3. The van der Waals surface area contributed by atoms with E-state index in [4.69, 9.17) is 14.2 Å². The van der Waals surface area contributed by atoms with Crippen LogP contribution in [-0.4, -0.2) is 94.6 Å². The van der Waals surface area contributed by atoms with Gasteiger partial charge in [-0.3, -0.25) is 29.0 Å². The van der Waals surface area contributed by atoms with Crippen LogP contribution in [-0.2, 0) is 28.7 Å². The van der Waals surface area contributed by atoms with Crippen LogP contribution in [0.25, 0.3) is 0 Å². The van der Waals surface area contributed by atoms with Crippen molar-refractivity contribution in [1.82, 2.24) is 0 Å². The highest BCUT2D eigenvalue weighted by Gasteiger charge is 2.62. The molecule has 6 atom stereocenters. The number of hydrogen-bond acceptors (Lipinski definition) is 10. The molecule has 9 rings (SSSR count). The summed E-state index contributed by atoms with van der Waals surface area (Å²) in [6, 6.07) is 22.5. The molecule has 0 bridgehead atoms. The number of benzene rings is 3. The second-order valence-corrected chi connectivity index (χ2v) is 14.9. The number of fused-ring (bicyclic) bond motifs is 4. The Morgan fingerprint density at radius 3 is 1.70 bits per heavy atom. The van der Waals surface area contributed by atoms with Crippen LogP contribution in [0.5, 0.6) is 5.75 Å². The smallest absolute Gasteiger partial charge is 0.238 e. The molecular weight excluding hydrogens is 688 g/mol. The fourth-order valence-electron chi connectivity index (χ4n) is 9.74. The molecule has 3 aromatic carbocycles. The monoisotopic (exact) mass is 732 g/mol. The van der Waals surface area contributed by atoms with Crippen LogP contribution >= 0.6 is 0 Å². The third kappa shape index (κ3) is 5.78. The molecule has 2 aliphatic carbocycles. The highest BCUT2D eigenvalue weighted by Crippen LogP contribution is 2.59. The summed E-state index contributed by atoms with van der Waals surface area (Å²) in [7, 11) is 0. The van der Waals surface area contributed by atoms with Gasteiger partial charge in [-0.05, 0) is 73.4 Å². The molecular formula is C42H44N4O8. The number of ether oxygens (including phenoxy) is 3. The van der Waals surface area contributed by atoms with Crippen molar-refractivity contribution >= 4 is 46.4 Å². The maximum absolute atomic E-state index is 14.7. The van der Waals surface area contributed by atoms with E-state index in [0.29, 0.717) is 50.0 Å². The first-order chi connectivity index (χ1) is 26.4. The summed E-state index contributed by atoms with van der Waals surface area (Å²) >= 11 is 0. The predicted molar refractivity (Wildman–Crippen MR) is 200 cm³/mol. The first-order valence-corrected chi connectivity index (χ1v) is 19.1. The van der Waals surface area contributed by atoms with E-state index in [1.54, 1.807) is 0 Å². The van der Waals surface area contributed by atoms with Crippen molar-refractivity contribution in [3.8, 4) is 5.75 Å². The molecule has 280 valence electrons. The van der Waals surface area contributed by atoms with Gasteiger partial charge >= 0.3 is 0 Å². The summed E-state index contributed by atoms with van der Waals surface area (Å²) in [4.78, 5) is 65.0. The molecule has 12 heteroatoms. The molecule has 5 fully saturated rings. The van der Waals surface area contributed by atoms with E-state index in [1.165, 1.54) is 9.80 Å². The van der Waals surface area contributed by atoms with Crippen molar-refractivity contribution in [3.05, 3.63) is 90.0 Å². The van der Waals surface area contributed by atoms with Crippen molar-refractivity contribution in [2.45, 2.75) is 18.8 Å². The third-order valence-electron chi connectivity index (χ3n) is 12.2. The topological polar surface area (TPSA) is 129 Å². The number of hydrogen-bond donors (Lipinski definition) is 1. The minimum absolute atomic E-state index is 0.0613. The average Bonchev–Trinajstić information content (AvgIpc) is 3.63. The maximum atomic E-state index is 14.7. The molecule has 0 spiro atoms. The lowest BCUT2D eigenvalue weighted by Crippen LogP contribution is -2.43. The lowest BCUT2D eigenvalue weighted by atomic mass is 9.57. The van der Waals surface area contributed by atoms with E-state index >= 15 is 0 Å². The number of allylic oxidation sites excluding steroid dienone is 2. The Morgan fingerprint density at radius 2 is 1.13 bits per heavy atom. The summed E-state index contributed by atoms with van der Waals surface area (Å²) in [6.45, 7) is 5.54. The molecule has 0 aromatic heterocycles. The van der Waals surface area contributed by atoms with Crippen LogP contribution in [0.4, 0.5) is 22.7 Å². The highest BCUT2D eigenvalue weighted by molar-refractivity contribution is 6.24. The number of carbonyl (C=O) groups excluding carboxylic acids is 4. The van der Waals surface area contributed by atoms with Gasteiger partial charge in [0, 0.05) is 49.0 Å². The van der Waals surface area contributed by atoms with Gasteiger partial charge in [0.2, 0.25) is 23.6 Å². The van der Waals surface area contributed by atoms with E-state index in [1.807, 2.05) is 78.9 Å². The molecule has 1 N–H and O–H groups in total. The molecule has 12 nitrogen and oxygen atoms in total. The summed E-state index contributed by atoms with van der Waals surface area (Å²) in [6.07, 6.45) is 2.68. The largest absolute Gasteiger partial charge is 0.491 e. The molecule has 6 aliphatic rings. The van der Waals surface area contributed by atoms with E-state index < -0.39 is 35.5 Å². The van der Waals surface area contributed by atoms with Crippen molar-refractivity contribution in [2.75, 3.05) is 85.4 Å². The zero-order chi connectivity index (χ0) is 36.9. The molecule has 4 aliphatic heterocycles. The summed E-state index contributed by atoms with van der Waals surface area (Å²) < 4.78 is 17.0. The number of nitrogens with zero attached hydrogens (tertiary/aromatic N) is 4. The van der Waals surface area contributed by atoms with Crippen LogP contribution in [0.1, 0.15) is 24.3 Å². The van der Waals surface area contributed by atoms with E-state index in [9.17, 15) is 24.3 Å². The normalized spacial score (nSPS) is 28.2. The van der Waals surface area contributed by atoms with Gasteiger partial charge in [0.15, 0.2) is 0 Å². The maximum Gasteiger partial charge on any atom is 0.238 e. The number of imide groups is 2. The first kappa shape index (κ1) is 34.7. The van der Waals surface area contributed by atoms with E-state index in [2.05, 4.69) is 9.80 Å². The van der Waals surface area contributed by atoms with Gasteiger partial charge in [0.1, 0.15) is 12.4 Å². The van der Waals surface area contributed by atoms with E-state index in [0.717, 1.165) is 48.7 Å². The van der Waals surface area contributed by atoms with Crippen LogP contribution in [0.2, 0.25) is 0 Å². The average molecular weight is 733 g/mol. The van der Waals surface area contributed by atoms with Crippen molar-refractivity contribution < 1.29 is 38.5 Å². The summed E-state index contributed by atoms with van der Waals surface area (Å²) in [5.41, 5.74) is 4.68.